The number of β-amino-alcohol motifs (C(OH)–C–C–N with tert-alkyl or cyclic N) is 1. The van der Waals surface area contributed by atoms with Crippen LogP contribution in [0.1, 0.15) is 34.1 Å². The third-order valence-corrected chi connectivity index (χ3v) is 3.92. The molecule has 1 aliphatic rings. The number of hydrogen-bond donors (Lipinski definition) is 2. The van der Waals surface area contributed by atoms with Crippen LogP contribution < -0.4 is 0 Å². The SMILES string of the molecule is CCC(C)(CO)CN1CCN(CC(C)(C)O)CC1. The summed E-state index contributed by atoms with van der Waals surface area (Å²) in [6.07, 6.45) is 1.01. The Morgan fingerprint density at radius 2 is 1.39 bits per heavy atom. The zero-order valence-electron chi connectivity index (χ0n) is 12.4. The number of rotatable bonds is 6. The predicted octanol–water partition coefficient (Wildman–Crippen LogP) is 0.783. The van der Waals surface area contributed by atoms with Gasteiger partial charge in [0.25, 0.3) is 0 Å². The molecule has 0 aliphatic carbocycles. The minimum Gasteiger partial charge on any atom is -0.396 e. The molecule has 1 heterocycles. The Balaban J connectivity index is 2.35. The van der Waals surface area contributed by atoms with Crippen LogP contribution in [-0.2, 0) is 0 Å². The third-order valence-electron chi connectivity index (χ3n) is 3.92. The standard InChI is InChI=1S/C14H30N2O2/c1-5-14(4,12-17)11-16-8-6-15(7-9-16)10-13(2,3)18/h17-18H,5-12H2,1-4H3. The van der Waals surface area contributed by atoms with Crippen LogP contribution >= 0.6 is 0 Å². The van der Waals surface area contributed by atoms with E-state index < -0.39 is 5.60 Å². The van der Waals surface area contributed by atoms with Crippen LogP contribution in [0, 0.1) is 5.41 Å². The highest BCUT2D eigenvalue weighted by Crippen LogP contribution is 2.22. The molecule has 0 aromatic carbocycles. The summed E-state index contributed by atoms with van der Waals surface area (Å²) < 4.78 is 0. The van der Waals surface area contributed by atoms with Gasteiger partial charge in [-0.25, -0.2) is 0 Å². The van der Waals surface area contributed by atoms with Crippen molar-refractivity contribution < 1.29 is 10.2 Å². The van der Waals surface area contributed by atoms with Gasteiger partial charge in [-0.15, -0.1) is 0 Å². The van der Waals surface area contributed by atoms with Crippen molar-refractivity contribution in [2.75, 3.05) is 45.9 Å². The van der Waals surface area contributed by atoms with Gasteiger partial charge in [0.15, 0.2) is 0 Å². The van der Waals surface area contributed by atoms with E-state index in [0.717, 1.165) is 45.7 Å². The Labute approximate surface area is 112 Å². The molecule has 108 valence electrons. The van der Waals surface area contributed by atoms with Gasteiger partial charge in [-0.3, -0.25) is 4.90 Å². The quantitative estimate of drug-likeness (QED) is 0.739. The molecule has 0 radical (unpaired) electrons. The summed E-state index contributed by atoms with van der Waals surface area (Å²) >= 11 is 0. The molecule has 0 aromatic heterocycles. The maximum absolute atomic E-state index is 9.81. The fraction of sp³-hybridized carbons (Fsp3) is 1.00. The zero-order chi connectivity index (χ0) is 13.8. The van der Waals surface area contributed by atoms with Gasteiger partial charge in [0.1, 0.15) is 0 Å². The van der Waals surface area contributed by atoms with Crippen LogP contribution in [0.2, 0.25) is 0 Å². The van der Waals surface area contributed by atoms with E-state index in [-0.39, 0.29) is 12.0 Å². The predicted molar refractivity (Wildman–Crippen MR) is 74.7 cm³/mol. The number of aliphatic hydroxyl groups is 2. The van der Waals surface area contributed by atoms with Crippen LogP contribution in [0.25, 0.3) is 0 Å². The van der Waals surface area contributed by atoms with E-state index in [0.29, 0.717) is 0 Å². The number of hydrogen-bond acceptors (Lipinski definition) is 4. The van der Waals surface area contributed by atoms with Crippen molar-refractivity contribution in [2.24, 2.45) is 5.41 Å². The van der Waals surface area contributed by atoms with E-state index in [2.05, 4.69) is 23.6 Å². The fourth-order valence-electron chi connectivity index (χ4n) is 2.47. The summed E-state index contributed by atoms with van der Waals surface area (Å²) in [6.45, 7) is 14.1. The molecular formula is C14H30N2O2. The first-order chi connectivity index (χ1) is 8.28. The second kappa shape index (κ2) is 6.33. The number of aliphatic hydroxyl groups excluding tert-OH is 1. The zero-order valence-corrected chi connectivity index (χ0v) is 12.4. The summed E-state index contributed by atoms with van der Waals surface area (Å²) in [4.78, 5) is 4.75. The van der Waals surface area contributed by atoms with Crippen LogP contribution in [-0.4, -0.2) is 71.5 Å². The van der Waals surface area contributed by atoms with Crippen LogP contribution in [0.5, 0.6) is 0 Å². The van der Waals surface area contributed by atoms with Crippen molar-refractivity contribution in [1.29, 1.82) is 0 Å². The molecule has 0 aromatic rings. The van der Waals surface area contributed by atoms with Crippen LogP contribution in [0.4, 0.5) is 0 Å². The molecule has 4 nitrogen and oxygen atoms in total. The van der Waals surface area contributed by atoms with Crippen LogP contribution in [0.3, 0.4) is 0 Å². The van der Waals surface area contributed by atoms with Gasteiger partial charge in [-0.1, -0.05) is 13.8 Å². The summed E-state index contributed by atoms with van der Waals surface area (Å²) in [7, 11) is 0. The smallest absolute Gasteiger partial charge is 0.0718 e. The average Bonchev–Trinajstić information content (AvgIpc) is 2.30. The van der Waals surface area contributed by atoms with Crippen molar-refractivity contribution in [3.63, 3.8) is 0 Å². The van der Waals surface area contributed by atoms with Crippen molar-refractivity contribution >= 4 is 0 Å². The molecule has 1 rings (SSSR count). The van der Waals surface area contributed by atoms with Crippen molar-refractivity contribution in [3.05, 3.63) is 0 Å². The van der Waals surface area contributed by atoms with E-state index in [1.807, 2.05) is 13.8 Å². The van der Waals surface area contributed by atoms with E-state index in [4.69, 9.17) is 0 Å². The highest BCUT2D eigenvalue weighted by molar-refractivity contribution is 4.82. The lowest BCUT2D eigenvalue weighted by atomic mass is 9.88. The van der Waals surface area contributed by atoms with Crippen molar-refractivity contribution in [2.45, 2.75) is 39.7 Å². The lowest BCUT2D eigenvalue weighted by Gasteiger charge is -2.40. The highest BCUT2D eigenvalue weighted by Gasteiger charge is 2.28. The van der Waals surface area contributed by atoms with E-state index in [9.17, 15) is 10.2 Å². The van der Waals surface area contributed by atoms with Gasteiger partial charge in [0.2, 0.25) is 0 Å². The second-order valence-electron chi connectivity index (χ2n) is 6.69. The highest BCUT2D eigenvalue weighted by atomic mass is 16.3. The molecule has 1 saturated heterocycles. The molecule has 18 heavy (non-hydrogen) atoms. The maximum atomic E-state index is 9.81. The molecule has 1 aliphatic heterocycles. The molecule has 0 bridgehead atoms. The van der Waals surface area contributed by atoms with E-state index in [1.165, 1.54) is 0 Å². The topological polar surface area (TPSA) is 46.9 Å². The molecule has 0 saturated carbocycles. The molecule has 0 spiro atoms. The normalized spacial score (nSPS) is 23.0. The molecule has 1 atom stereocenters. The fourth-order valence-corrected chi connectivity index (χ4v) is 2.47. The van der Waals surface area contributed by atoms with Gasteiger partial charge >= 0.3 is 0 Å². The Morgan fingerprint density at radius 3 is 1.72 bits per heavy atom. The lowest BCUT2D eigenvalue weighted by molar-refractivity contribution is 0.00608. The average molecular weight is 258 g/mol. The summed E-state index contributed by atoms with van der Waals surface area (Å²) in [5, 5.41) is 19.3. The van der Waals surface area contributed by atoms with E-state index >= 15 is 0 Å². The first-order valence-electron chi connectivity index (χ1n) is 7.06. The summed E-state index contributed by atoms with van der Waals surface area (Å²) in [5.74, 6) is 0. The van der Waals surface area contributed by atoms with Gasteiger partial charge in [-0.2, -0.15) is 0 Å². The maximum Gasteiger partial charge on any atom is 0.0718 e. The van der Waals surface area contributed by atoms with Crippen molar-refractivity contribution in [3.8, 4) is 0 Å². The molecule has 0 amide bonds. The number of piperazine rings is 1. The van der Waals surface area contributed by atoms with Gasteiger partial charge in [0.05, 0.1) is 5.60 Å². The lowest BCUT2D eigenvalue weighted by Crippen LogP contribution is -2.52. The number of nitrogens with zero attached hydrogens (tertiary/aromatic N) is 2. The van der Waals surface area contributed by atoms with Crippen LogP contribution in [0.15, 0.2) is 0 Å². The minimum atomic E-state index is -0.606. The molecule has 1 fully saturated rings. The van der Waals surface area contributed by atoms with Crippen molar-refractivity contribution in [1.82, 2.24) is 9.80 Å². The Bertz CT molecular complexity index is 239. The summed E-state index contributed by atoms with van der Waals surface area (Å²) in [5.41, 5.74) is -0.580. The Hall–Kier alpha value is -0.160. The summed E-state index contributed by atoms with van der Waals surface area (Å²) in [6, 6.07) is 0. The molecule has 1 unspecified atom stereocenters. The Morgan fingerprint density at radius 1 is 0.944 bits per heavy atom. The molecular weight excluding hydrogens is 228 g/mol. The van der Waals surface area contributed by atoms with Gasteiger partial charge < -0.3 is 15.1 Å². The monoisotopic (exact) mass is 258 g/mol. The third kappa shape index (κ3) is 5.22. The largest absolute Gasteiger partial charge is 0.396 e. The van der Waals surface area contributed by atoms with Gasteiger partial charge in [0, 0.05) is 51.3 Å². The molecule has 2 N–H and O–H groups in total. The minimum absolute atomic E-state index is 0.0262. The van der Waals surface area contributed by atoms with E-state index in [1.54, 1.807) is 0 Å². The Kier molecular flexibility index (Phi) is 5.59. The second-order valence-corrected chi connectivity index (χ2v) is 6.69. The first kappa shape index (κ1) is 15.9. The van der Waals surface area contributed by atoms with Gasteiger partial charge in [-0.05, 0) is 20.3 Å². The molecule has 4 heteroatoms. The first-order valence-corrected chi connectivity index (χ1v) is 7.06.